The molecular weight excluding hydrogens is 292 g/mol. The van der Waals surface area contributed by atoms with Crippen LogP contribution in [0.2, 0.25) is 0 Å². The third-order valence-electron chi connectivity index (χ3n) is 2.57. The summed E-state index contributed by atoms with van der Waals surface area (Å²) in [5, 5.41) is 9.05. The summed E-state index contributed by atoms with van der Waals surface area (Å²) in [6.07, 6.45) is 0. The van der Waals surface area contributed by atoms with Crippen LogP contribution >= 0.6 is 0 Å². The lowest BCUT2D eigenvalue weighted by atomic mass is 9.88. The molecular formula is C12H15F2NO4S. The number of benzene rings is 1. The predicted octanol–water partition coefficient (Wildman–Crippen LogP) is 1.74. The third-order valence-corrected chi connectivity index (χ3v) is 4.01. The highest BCUT2D eigenvalue weighted by atomic mass is 32.2. The second-order valence-corrected chi connectivity index (χ2v) is 7.02. The molecule has 0 aliphatic carbocycles. The van der Waals surface area contributed by atoms with Crippen LogP contribution in [0.15, 0.2) is 23.1 Å². The molecule has 5 nitrogen and oxygen atoms in total. The maximum absolute atomic E-state index is 13.5. The molecule has 0 aromatic heterocycles. The standard InChI is InChI=1S/C12H15F2NO4S/c1-12(2,3)10(11(16)17)15-20(18,19)9-6-7(13)4-5-8(9)14/h4-6,10,15H,1-3H3,(H,16,17). The maximum atomic E-state index is 13.5. The number of hydrogen-bond donors (Lipinski definition) is 2. The van der Waals surface area contributed by atoms with Gasteiger partial charge in [-0.3, -0.25) is 4.79 Å². The maximum Gasteiger partial charge on any atom is 0.322 e. The van der Waals surface area contributed by atoms with E-state index in [-0.39, 0.29) is 0 Å². The van der Waals surface area contributed by atoms with E-state index < -0.39 is 44.0 Å². The van der Waals surface area contributed by atoms with E-state index in [2.05, 4.69) is 0 Å². The minimum atomic E-state index is -4.49. The van der Waals surface area contributed by atoms with Crippen molar-refractivity contribution in [2.45, 2.75) is 31.7 Å². The predicted molar refractivity (Wildman–Crippen MR) is 67.6 cm³/mol. The largest absolute Gasteiger partial charge is 0.480 e. The fraction of sp³-hybridized carbons (Fsp3) is 0.417. The van der Waals surface area contributed by atoms with Crippen molar-refractivity contribution in [2.24, 2.45) is 5.41 Å². The van der Waals surface area contributed by atoms with E-state index in [1.165, 1.54) is 20.8 Å². The number of aliphatic carboxylic acids is 1. The molecule has 0 saturated carbocycles. The fourth-order valence-corrected chi connectivity index (χ4v) is 2.98. The van der Waals surface area contributed by atoms with E-state index in [9.17, 15) is 22.0 Å². The number of carboxylic acids is 1. The summed E-state index contributed by atoms with van der Waals surface area (Å²) in [6.45, 7) is 4.53. The molecule has 1 aromatic rings. The second-order valence-electron chi connectivity index (χ2n) is 5.33. The van der Waals surface area contributed by atoms with Crippen LogP contribution in [0.1, 0.15) is 20.8 Å². The molecule has 0 radical (unpaired) electrons. The van der Waals surface area contributed by atoms with E-state index in [0.717, 1.165) is 6.07 Å². The zero-order valence-corrected chi connectivity index (χ0v) is 12.0. The molecule has 1 aromatic carbocycles. The summed E-state index contributed by atoms with van der Waals surface area (Å²) < 4.78 is 52.4. The Labute approximate surface area is 115 Å². The third kappa shape index (κ3) is 3.73. The number of nitrogens with one attached hydrogen (secondary N) is 1. The number of carboxylic acid groups (broad SMARTS) is 1. The molecule has 20 heavy (non-hydrogen) atoms. The van der Waals surface area contributed by atoms with Gasteiger partial charge in [0, 0.05) is 0 Å². The van der Waals surface area contributed by atoms with Gasteiger partial charge in [-0.15, -0.1) is 0 Å². The van der Waals surface area contributed by atoms with Crippen molar-refractivity contribution in [3.05, 3.63) is 29.8 Å². The minimum Gasteiger partial charge on any atom is -0.480 e. The van der Waals surface area contributed by atoms with Gasteiger partial charge in [0.25, 0.3) is 0 Å². The van der Waals surface area contributed by atoms with Gasteiger partial charge < -0.3 is 5.11 Å². The molecule has 112 valence electrons. The van der Waals surface area contributed by atoms with Crippen LogP contribution < -0.4 is 4.72 Å². The smallest absolute Gasteiger partial charge is 0.322 e. The van der Waals surface area contributed by atoms with Crippen molar-refractivity contribution in [1.82, 2.24) is 4.72 Å². The average molecular weight is 307 g/mol. The topological polar surface area (TPSA) is 83.5 Å². The summed E-state index contributed by atoms with van der Waals surface area (Å²) in [6, 6.07) is 0.457. The van der Waals surface area contributed by atoms with Crippen LogP contribution in [0.4, 0.5) is 8.78 Å². The molecule has 0 aliphatic heterocycles. The van der Waals surface area contributed by atoms with Gasteiger partial charge >= 0.3 is 5.97 Å². The first-order valence-electron chi connectivity index (χ1n) is 5.65. The Morgan fingerprint density at radius 2 is 1.85 bits per heavy atom. The number of rotatable bonds is 4. The molecule has 1 atom stereocenters. The Morgan fingerprint density at radius 3 is 2.30 bits per heavy atom. The first-order valence-corrected chi connectivity index (χ1v) is 7.13. The molecule has 0 amide bonds. The van der Waals surface area contributed by atoms with Crippen LogP contribution in [0, 0.1) is 17.0 Å². The van der Waals surface area contributed by atoms with Crippen molar-refractivity contribution >= 4 is 16.0 Å². The van der Waals surface area contributed by atoms with Gasteiger partial charge in [-0.05, 0) is 23.6 Å². The van der Waals surface area contributed by atoms with E-state index >= 15 is 0 Å². The normalized spacial score (nSPS) is 14.1. The lowest BCUT2D eigenvalue weighted by Crippen LogP contribution is -2.49. The summed E-state index contributed by atoms with van der Waals surface area (Å²) >= 11 is 0. The van der Waals surface area contributed by atoms with Gasteiger partial charge in [-0.25, -0.2) is 17.2 Å². The van der Waals surface area contributed by atoms with Gasteiger partial charge in [0.2, 0.25) is 10.0 Å². The van der Waals surface area contributed by atoms with E-state index in [0.29, 0.717) is 12.1 Å². The molecule has 0 spiro atoms. The van der Waals surface area contributed by atoms with Crippen molar-refractivity contribution in [1.29, 1.82) is 0 Å². The molecule has 0 aliphatic rings. The van der Waals surface area contributed by atoms with Crippen molar-refractivity contribution < 1.29 is 27.1 Å². The number of sulfonamides is 1. The lowest BCUT2D eigenvalue weighted by Gasteiger charge is -2.27. The van der Waals surface area contributed by atoms with E-state index in [4.69, 9.17) is 5.11 Å². The fourth-order valence-electron chi connectivity index (χ4n) is 1.50. The summed E-state index contributed by atoms with van der Waals surface area (Å²) in [7, 11) is -4.49. The molecule has 0 heterocycles. The molecule has 0 saturated heterocycles. The Bertz CT molecular complexity index is 623. The van der Waals surface area contributed by atoms with Crippen LogP contribution in [0.5, 0.6) is 0 Å². The highest BCUT2D eigenvalue weighted by Gasteiger charge is 2.36. The van der Waals surface area contributed by atoms with Gasteiger partial charge in [0.05, 0.1) is 0 Å². The monoisotopic (exact) mass is 307 g/mol. The van der Waals surface area contributed by atoms with Gasteiger partial charge in [-0.1, -0.05) is 20.8 Å². The Balaban J connectivity index is 3.24. The minimum absolute atomic E-state index is 0.499. The van der Waals surface area contributed by atoms with Crippen LogP contribution in [-0.2, 0) is 14.8 Å². The number of halogens is 2. The van der Waals surface area contributed by atoms with Gasteiger partial charge in [-0.2, -0.15) is 4.72 Å². The molecule has 0 bridgehead atoms. The van der Waals surface area contributed by atoms with Crippen molar-refractivity contribution in [3.63, 3.8) is 0 Å². The highest BCUT2D eigenvalue weighted by molar-refractivity contribution is 7.89. The quantitative estimate of drug-likeness (QED) is 0.887. The van der Waals surface area contributed by atoms with Crippen LogP contribution in [-0.4, -0.2) is 25.5 Å². The number of hydrogen-bond acceptors (Lipinski definition) is 3. The summed E-state index contributed by atoms with van der Waals surface area (Å²) in [5.41, 5.74) is -0.942. The Kier molecular flexibility index (Phi) is 4.50. The first-order chi connectivity index (χ1) is 8.95. The van der Waals surface area contributed by atoms with Crippen LogP contribution in [0.25, 0.3) is 0 Å². The Morgan fingerprint density at radius 1 is 1.30 bits per heavy atom. The SMILES string of the molecule is CC(C)(C)C(NS(=O)(=O)c1cc(F)ccc1F)C(=O)O. The zero-order valence-electron chi connectivity index (χ0n) is 11.1. The highest BCUT2D eigenvalue weighted by Crippen LogP contribution is 2.23. The number of carbonyl (C=O) groups is 1. The summed E-state index contributed by atoms with van der Waals surface area (Å²) in [5.74, 6) is -3.50. The molecule has 0 fully saturated rings. The zero-order chi connectivity index (χ0) is 15.7. The molecule has 2 N–H and O–H groups in total. The van der Waals surface area contributed by atoms with Crippen molar-refractivity contribution in [2.75, 3.05) is 0 Å². The van der Waals surface area contributed by atoms with Crippen molar-refractivity contribution in [3.8, 4) is 0 Å². The molecule has 1 unspecified atom stereocenters. The van der Waals surface area contributed by atoms with Gasteiger partial charge in [0.15, 0.2) is 0 Å². The Hall–Kier alpha value is -1.54. The summed E-state index contributed by atoms with van der Waals surface area (Å²) in [4.78, 5) is 10.2. The van der Waals surface area contributed by atoms with Crippen LogP contribution in [0.3, 0.4) is 0 Å². The molecule has 1 rings (SSSR count). The first kappa shape index (κ1) is 16.5. The van der Waals surface area contributed by atoms with E-state index in [1.807, 2.05) is 4.72 Å². The lowest BCUT2D eigenvalue weighted by molar-refractivity contribution is -0.141. The second kappa shape index (κ2) is 5.45. The van der Waals surface area contributed by atoms with Gasteiger partial charge in [0.1, 0.15) is 22.6 Å². The average Bonchev–Trinajstić information content (AvgIpc) is 2.27. The van der Waals surface area contributed by atoms with E-state index in [1.54, 1.807) is 0 Å². The molecule has 8 heteroatoms.